The maximum Gasteiger partial charge on any atom is 0.138 e. The molecule has 0 aromatic heterocycles. The predicted octanol–water partition coefficient (Wildman–Crippen LogP) is 2.65. The van der Waals surface area contributed by atoms with E-state index in [4.69, 9.17) is 11.1 Å². The van der Waals surface area contributed by atoms with Crippen molar-refractivity contribution in [3.63, 3.8) is 0 Å². The lowest BCUT2D eigenvalue weighted by Gasteiger charge is -2.13. The number of ketones is 1. The average molecular weight is 309 g/mol. The fraction of sp³-hybridized carbons (Fsp3) is 0.263. The van der Waals surface area contributed by atoms with Crippen molar-refractivity contribution in [2.45, 2.75) is 32.4 Å². The van der Waals surface area contributed by atoms with Gasteiger partial charge in [0.2, 0.25) is 0 Å². The minimum Gasteiger partial charge on any atom is -0.384 e. The molecule has 0 radical (unpaired) electrons. The summed E-state index contributed by atoms with van der Waals surface area (Å²) in [5, 5.41) is 10.7. The van der Waals surface area contributed by atoms with Gasteiger partial charge in [-0.1, -0.05) is 54.6 Å². The molecule has 1 atom stereocenters. The first-order chi connectivity index (χ1) is 11.0. The molecule has 1 unspecified atom stereocenters. The number of hydrogen-bond acceptors (Lipinski definition) is 3. The zero-order valence-electron chi connectivity index (χ0n) is 13.4. The van der Waals surface area contributed by atoms with Gasteiger partial charge >= 0.3 is 0 Å². The fourth-order valence-corrected chi connectivity index (χ4v) is 2.40. The van der Waals surface area contributed by atoms with E-state index in [1.165, 1.54) is 0 Å². The number of amidine groups is 1. The Morgan fingerprint density at radius 3 is 2.35 bits per heavy atom. The predicted molar refractivity (Wildman–Crippen MR) is 93.5 cm³/mol. The van der Waals surface area contributed by atoms with E-state index >= 15 is 0 Å². The number of rotatable bonds is 8. The standard InChI is InChI=1S/C19H23N3O/c1-14(11-18(23)12-15-5-3-2-4-6-15)22-13-16-7-9-17(10-8-16)19(20)21/h2-10,14,22H,11-13H2,1H3,(H3,20,21). The van der Waals surface area contributed by atoms with E-state index in [1.807, 2.05) is 61.5 Å². The van der Waals surface area contributed by atoms with Crippen molar-refractivity contribution in [1.29, 1.82) is 5.41 Å². The van der Waals surface area contributed by atoms with Crippen molar-refractivity contribution in [3.8, 4) is 0 Å². The van der Waals surface area contributed by atoms with Crippen molar-refractivity contribution < 1.29 is 4.79 Å². The van der Waals surface area contributed by atoms with E-state index in [2.05, 4.69) is 5.32 Å². The summed E-state index contributed by atoms with van der Waals surface area (Å²) >= 11 is 0. The van der Waals surface area contributed by atoms with Crippen molar-refractivity contribution in [3.05, 3.63) is 71.3 Å². The molecule has 2 rings (SSSR count). The fourth-order valence-electron chi connectivity index (χ4n) is 2.40. The molecule has 0 saturated heterocycles. The molecule has 0 spiro atoms. The van der Waals surface area contributed by atoms with Crippen LogP contribution in [0.3, 0.4) is 0 Å². The van der Waals surface area contributed by atoms with Gasteiger partial charge in [-0.15, -0.1) is 0 Å². The highest BCUT2D eigenvalue weighted by Gasteiger charge is 2.09. The monoisotopic (exact) mass is 309 g/mol. The van der Waals surface area contributed by atoms with Crippen molar-refractivity contribution in [2.24, 2.45) is 5.73 Å². The Labute approximate surface area is 137 Å². The van der Waals surface area contributed by atoms with Crippen LogP contribution in [0.5, 0.6) is 0 Å². The third-order valence-electron chi connectivity index (χ3n) is 3.70. The number of hydrogen-bond donors (Lipinski definition) is 3. The third kappa shape index (κ3) is 5.68. The topological polar surface area (TPSA) is 79.0 Å². The summed E-state index contributed by atoms with van der Waals surface area (Å²) < 4.78 is 0. The Hall–Kier alpha value is -2.46. The second kappa shape index (κ2) is 8.25. The number of carbonyl (C=O) groups excluding carboxylic acids is 1. The van der Waals surface area contributed by atoms with Crippen LogP contribution >= 0.6 is 0 Å². The van der Waals surface area contributed by atoms with E-state index in [0.29, 0.717) is 19.4 Å². The molecule has 0 aliphatic carbocycles. The maximum atomic E-state index is 12.1. The second-order valence-corrected chi connectivity index (χ2v) is 5.80. The Balaban J connectivity index is 1.77. The highest BCUT2D eigenvalue weighted by atomic mass is 16.1. The average Bonchev–Trinajstić information content (AvgIpc) is 2.54. The summed E-state index contributed by atoms with van der Waals surface area (Å²) in [6, 6.07) is 17.5. The van der Waals surface area contributed by atoms with Gasteiger partial charge in [0.25, 0.3) is 0 Å². The Morgan fingerprint density at radius 1 is 1.09 bits per heavy atom. The van der Waals surface area contributed by atoms with Gasteiger partial charge in [-0.3, -0.25) is 10.2 Å². The van der Waals surface area contributed by atoms with Gasteiger partial charge in [0.1, 0.15) is 11.6 Å². The van der Waals surface area contributed by atoms with Crippen LogP contribution in [0.4, 0.5) is 0 Å². The molecule has 4 nitrogen and oxygen atoms in total. The van der Waals surface area contributed by atoms with Crippen molar-refractivity contribution in [2.75, 3.05) is 0 Å². The molecular formula is C19H23N3O. The van der Waals surface area contributed by atoms with Crippen molar-refractivity contribution >= 4 is 11.6 Å². The largest absolute Gasteiger partial charge is 0.384 e. The van der Waals surface area contributed by atoms with Crippen LogP contribution in [0.1, 0.15) is 30.0 Å². The third-order valence-corrected chi connectivity index (χ3v) is 3.70. The summed E-state index contributed by atoms with van der Waals surface area (Å²) in [5.41, 5.74) is 8.32. The number of nitrogens with one attached hydrogen (secondary N) is 2. The van der Waals surface area contributed by atoms with Crippen LogP contribution < -0.4 is 11.1 Å². The van der Waals surface area contributed by atoms with Gasteiger partial charge in [-0.25, -0.2) is 0 Å². The summed E-state index contributed by atoms with van der Waals surface area (Å²) in [7, 11) is 0. The Morgan fingerprint density at radius 2 is 1.74 bits per heavy atom. The molecule has 0 amide bonds. The summed E-state index contributed by atoms with van der Waals surface area (Å²) in [5.74, 6) is 0.313. The molecule has 0 fully saturated rings. The van der Waals surface area contributed by atoms with E-state index in [-0.39, 0.29) is 17.7 Å². The van der Waals surface area contributed by atoms with E-state index < -0.39 is 0 Å². The lowest BCUT2D eigenvalue weighted by molar-refractivity contribution is -0.118. The van der Waals surface area contributed by atoms with Crippen LogP contribution in [0.15, 0.2) is 54.6 Å². The van der Waals surface area contributed by atoms with Crippen LogP contribution in [-0.4, -0.2) is 17.7 Å². The zero-order valence-corrected chi connectivity index (χ0v) is 13.4. The molecule has 2 aromatic carbocycles. The van der Waals surface area contributed by atoms with E-state index in [9.17, 15) is 4.79 Å². The van der Waals surface area contributed by atoms with E-state index in [1.54, 1.807) is 0 Å². The number of nitrogen functional groups attached to an aromatic ring is 1. The highest BCUT2D eigenvalue weighted by Crippen LogP contribution is 2.06. The van der Waals surface area contributed by atoms with Gasteiger partial charge in [-0.05, 0) is 18.1 Å². The first-order valence-corrected chi connectivity index (χ1v) is 7.77. The Kier molecular flexibility index (Phi) is 6.06. The summed E-state index contributed by atoms with van der Waals surface area (Å²) in [6.45, 7) is 2.71. The number of Topliss-reactive ketones (excluding diaryl/α,β-unsaturated/α-hetero) is 1. The SMILES string of the molecule is CC(CC(=O)Cc1ccccc1)NCc1ccc(C(=N)N)cc1. The quantitative estimate of drug-likeness (QED) is 0.518. The molecule has 0 bridgehead atoms. The maximum absolute atomic E-state index is 12.1. The second-order valence-electron chi connectivity index (χ2n) is 5.80. The molecule has 4 heteroatoms. The van der Waals surface area contributed by atoms with Gasteiger partial charge in [0.15, 0.2) is 0 Å². The molecule has 23 heavy (non-hydrogen) atoms. The molecule has 0 aliphatic rings. The van der Waals surface area contributed by atoms with Gasteiger partial charge in [-0.2, -0.15) is 0 Å². The minimum atomic E-state index is 0.0735. The smallest absolute Gasteiger partial charge is 0.138 e. The van der Waals surface area contributed by atoms with Crippen LogP contribution in [-0.2, 0) is 17.8 Å². The van der Waals surface area contributed by atoms with Crippen LogP contribution in [0.25, 0.3) is 0 Å². The summed E-state index contributed by atoms with van der Waals surface area (Å²) in [6.07, 6.45) is 1.00. The molecule has 0 aliphatic heterocycles. The summed E-state index contributed by atoms with van der Waals surface area (Å²) in [4.78, 5) is 12.1. The Bertz CT molecular complexity index is 650. The molecule has 120 valence electrons. The molecule has 2 aromatic rings. The zero-order chi connectivity index (χ0) is 16.7. The number of carbonyl (C=O) groups is 1. The molecule has 0 heterocycles. The molecular weight excluding hydrogens is 286 g/mol. The van der Waals surface area contributed by atoms with Crippen LogP contribution in [0, 0.1) is 5.41 Å². The highest BCUT2D eigenvalue weighted by molar-refractivity contribution is 5.94. The van der Waals surface area contributed by atoms with Gasteiger partial charge in [0, 0.05) is 31.0 Å². The molecule has 4 N–H and O–H groups in total. The first kappa shape index (κ1) is 16.9. The normalized spacial score (nSPS) is 11.9. The van der Waals surface area contributed by atoms with Crippen LogP contribution in [0.2, 0.25) is 0 Å². The first-order valence-electron chi connectivity index (χ1n) is 7.77. The lowest BCUT2D eigenvalue weighted by atomic mass is 10.0. The van der Waals surface area contributed by atoms with Gasteiger partial charge < -0.3 is 11.1 Å². The minimum absolute atomic E-state index is 0.0735. The number of nitrogens with two attached hydrogens (primary N) is 1. The van der Waals surface area contributed by atoms with Gasteiger partial charge in [0.05, 0.1) is 0 Å². The lowest BCUT2D eigenvalue weighted by Crippen LogP contribution is -2.28. The van der Waals surface area contributed by atoms with E-state index in [0.717, 1.165) is 16.7 Å². The van der Waals surface area contributed by atoms with Crippen molar-refractivity contribution in [1.82, 2.24) is 5.32 Å². The molecule has 0 saturated carbocycles. The number of benzene rings is 2.